The van der Waals surface area contributed by atoms with Crippen molar-refractivity contribution in [3.05, 3.63) is 53.5 Å². The van der Waals surface area contributed by atoms with Gasteiger partial charge in [-0.05, 0) is 45.0 Å². The predicted molar refractivity (Wildman–Crippen MR) is 73.6 cm³/mol. The van der Waals surface area contributed by atoms with E-state index in [0.29, 0.717) is 12.3 Å². The van der Waals surface area contributed by atoms with Crippen LogP contribution >= 0.6 is 0 Å². The Morgan fingerprint density at radius 1 is 1.40 bits per heavy atom. The number of rotatable bonds is 5. The second-order valence-electron chi connectivity index (χ2n) is 5.19. The van der Waals surface area contributed by atoms with E-state index in [0.717, 1.165) is 11.5 Å². The topological polar surface area (TPSA) is 58.3 Å². The number of nitrogens with zero attached hydrogens (tertiary/aromatic N) is 1. The van der Waals surface area contributed by atoms with Gasteiger partial charge in [0.2, 0.25) is 0 Å². The Kier molecular flexibility index (Phi) is 4.20. The summed E-state index contributed by atoms with van der Waals surface area (Å²) in [5.41, 5.74) is -0.388. The second-order valence-corrected chi connectivity index (χ2v) is 5.19. The van der Waals surface area contributed by atoms with Crippen molar-refractivity contribution in [2.45, 2.75) is 32.4 Å². The number of hydrogen-bond acceptors (Lipinski definition) is 4. The molecule has 108 valence electrons. The van der Waals surface area contributed by atoms with Gasteiger partial charge in [-0.25, -0.2) is 4.39 Å². The molecule has 0 aliphatic carbocycles. The van der Waals surface area contributed by atoms with Crippen LogP contribution in [0.25, 0.3) is 0 Å². The molecule has 2 atom stereocenters. The molecule has 2 aromatic rings. The number of nitrogens with one attached hydrogen (secondary N) is 1. The molecular weight excluding hydrogens is 259 g/mol. The molecule has 2 aromatic heterocycles. The van der Waals surface area contributed by atoms with E-state index in [1.807, 2.05) is 19.9 Å². The van der Waals surface area contributed by atoms with Crippen molar-refractivity contribution in [1.82, 2.24) is 10.3 Å². The van der Waals surface area contributed by atoms with Crippen LogP contribution in [-0.2, 0) is 5.60 Å². The van der Waals surface area contributed by atoms with E-state index in [4.69, 9.17) is 4.42 Å². The molecule has 0 saturated heterocycles. The summed E-state index contributed by atoms with van der Waals surface area (Å²) in [6, 6.07) is 6.47. The van der Waals surface area contributed by atoms with Crippen LogP contribution in [0.3, 0.4) is 0 Å². The molecule has 0 fully saturated rings. The maximum absolute atomic E-state index is 12.8. The summed E-state index contributed by atoms with van der Waals surface area (Å²) >= 11 is 0. The fourth-order valence-electron chi connectivity index (χ4n) is 1.91. The third kappa shape index (κ3) is 3.43. The minimum Gasteiger partial charge on any atom is -0.463 e. The van der Waals surface area contributed by atoms with Gasteiger partial charge in [-0.15, -0.1) is 0 Å². The lowest BCUT2D eigenvalue weighted by Crippen LogP contribution is -2.36. The van der Waals surface area contributed by atoms with E-state index < -0.39 is 5.60 Å². The van der Waals surface area contributed by atoms with Gasteiger partial charge in [0.25, 0.3) is 0 Å². The third-order valence-corrected chi connectivity index (χ3v) is 3.22. The van der Waals surface area contributed by atoms with E-state index in [2.05, 4.69) is 10.3 Å². The van der Waals surface area contributed by atoms with E-state index in [9.17, 15) is 9.50 Å². The van der Waals surface area contributed by atoms with Crippen molar-refractivity contribution >= 4 is 0 Å². The number of pyridine rings is 1. The second kappa shape index (κ2) is 5.73. The molecule has 0 aromatic carbocycles. The Morgan fingerprint density at radius 3 is 2.70 bits per heavy atom. The fraction of sp³-hybridized carbons (Fsp3) is 0.400. The number of aliphatic hydroxyl groups is 1. The lowest BCUT2D eigenvalue weighted by Gasteiger charge is -2.24. The van der Waals surface area contributed by atoms with Gasteiger partial charge in [-0.3, -0.25) is 4.98 Å². The van der Waals surface area contributed by atoms with E-state index in [-0.39, 0.29) is 11.9 Å². The lowest BCUT2D eigenvalue weighted by molar-refractivity contribution is 0.0311. The molecule has 0 radical (unpaired) electrons. The highest BCUT2D eigenvalue weighted by molar-refractivity contribution is 5.14. The standard InChI is InChI=1S/C15H19FN2O2/c1-10-4-7-14(20-10)15(3,19)9-18-11(2)13-6-5-12(16)8-17-13/h4-8,11,18-19H,9H2,1-3H3. The van der Waals surface area contributed by atoms with Crippen LogP contribution < -0.4 is 5.32 Å². The average Bonchev–Trinajstić information content (AvgIpc) is 2.84. The van der Waals surface area contributed by atoms with Gasteiger partial charge < -0.3 is 14.8 Å². The first-order chi connectivity index (χ1) is 9.38. The van der Waals surface area contributed by atoms with Crippen molar-refractivity contribution in [1.29, 1.82) is 0 Å². The van der Waals surface area contributed by atoms with Gasteiger partial charge in [0, 0.05) is 12.6 Å². The van der Waals surface area contributed by atoms with Gasteiger partial charge in [0.1, 0.15) is 22.9 Å². The van der Waals surface area contributed by atoms with Crippen LogP contribution in [0.5, 0.6) is 0 Å². The highest BCUT2D eigenvalue weighted by Gasteiger charge is 2.27. The quantitative estimate of drug-likeness (QED) is 0.883. The summed E-state index contributed by atoms with van der Waals surface area (Å²) in [7, 11) is 0. The van der Waals surface area contributed by atoms with Crippen LogP contribution in [0.4, 0.5) is 4.39 Å². The number of aryl methyl sites for hydroxylation is 1. The zero-order valence-electron chi connectivity index (χ0n) is 11.9. The number of halogens is 1. The van der Waals surface area contributed by atoms with E-state index >= 15 is 0 Å². The minimum absolute atomic E-state index is 0.0989. The normalized spacial score (nSPS) is 15.8. The first kappa shape index (κ1) is 14.7. The molecule has 0 amide bonds. The molecule has 2 N–H and O–H groups in total. The summed E-state index contributed by atoms with van der Waals surface area (Å²) < 4.78 is 18.3. The molecular formula is C15H19FN2O2. The van der Waals surface area contributed by atoms with Crippen molar-refractivity contribution in [2.24, 2.45) is 0 Å². The van der Waals surface area contributed by atoms with Crippen molar-refractivity contribution in [3.8, 4) is 0 Å². The molecule has 2 rings (SSSR count). The van der Waals surface area contributed by atoms with Crippen molar-refractivity contribution < 1.29 is 13.9 Å². The highest BCUT2D eigenvalue weighted by atomic mass is 19.1. The zero-order chi connectivity index (χ0) is 14.8. The molecule has 2 heterocycles. The molecule has 0 bridgehead atoms. The molecule has 0 spiro atoms. The molecule has 0 aliphatic heterocycles. The monoisotopic (exact) mass is 278 g/mol. The Bertz CT molecular complexity index is 564. The van der Waals surface area contributed by atoms with Crippen LogP contribution in [0, 0.1) is 12.7 Å². The summed E-state index contributed by atoms with van der Waals surface area (Å²) in [5.74, 6) is 0.911. The molecule has 0 saturated carbocycles. The molecule has 0 aliphatic rings. The number of aromatic nitrogens is 1. The fourth-order valence-corrected chi connectivity index (χ4v) is 1.91. The predicted octanol–water partition coefficient (Wildman–Crippen LogP) is 2.68. The first-order valence-corrected chi connectivity index (χ1v) is 6.52. The smallest absolute Gasteiger partial charge is 0.141 e. The Balaban J connectivity index is 1.98. The lowest BCUT2D eigenvalue weighted by atomic mass is 10.0. The largest absolute Gasteiger partial charge is 0.463 e. The Morgan fingerprint density at radius 2 is 2.15 bits per heavy atom. The molecule has 2 unspecified atom stereocenters. The third-order valence-electron chi connectivity index (χ3n) is 3.22. The first-order valence-electron chi connectivity index (χ1n) is 6.52. The van der Waals surface area contributed by atoms with Crippen LogP contribution in [-0.4, -0.2) is 16.6 Å². The van der Waals surface area contributed by atoms with E-state index in [1.54, 1.807) is 19.1 Å². The van der Waals surface area contributed by atoms with Crippen LogP contribution in [0.2, 0.25) is 0 Å². The van der Waals surface area contributed by atoms with Crippen molar-refractivity contribution in [3.63, 3.8) is 0 Å². The van der Waals surface area contributed by atoms with Gasteiger partial charge in [0.15, 0.2) is 0 Å². The summed E-state index contributed by atoms with van der Waals surface area (Å²) in [5, 5.41) is 13.6. The van der Waals surface area contributed by atoms with E-state index in [1.165, 1.54) is 12.3 Å². The summed E-state index contributed by atoms with van der Waals surface area (Å²) in [6.07, 6.45) is 1.18. The zero-order valence-corrected chi connectivity index (χ0v) is 11.9. The Labute approximate surface area is 117 Å². The number of furan rings is 1. The average molecular weight is 278 g/mol. The van der Waals surface area contributed by atoms with Crippen molar-refractivity contribution in [2.75, 3.05) is 6.54 Å². The van der Waals surface area contributed by atoms with Crippen LogP contribution in [0.1, 0.15) is 37.1 Å². The van der Waals surface area contributed by atoms with Gasteiger partial charge in [0.05, 0.1) is 11.9 Å². The highest BCUT2D eigenvalue weighted by Crippen LogP contribution is 2.23. The minimum atomic E-state index is -1.11. The molecule has 5 heteroatoms. The Hall–Kier alpha value is -1.72. The summed E-state index contributed by atoms with van der Waals surface area (Å²) in [4.78, 5) is 4.01. The summed E-state index contributed by atoms with van der Waals surface area (Å²) in [6.45, 7) is 5.73. The number of hydrogen-bond donors (Lipinski definition) is 2. The SMILES string of the molecule is Cc1ccc(C(C)(O)CNC(C)c2ccc(F)cn2)o1. The molecule has 4 nitrogen and oxygen atoms in total. The van der Waals surface area contributed by atoms with Gasteiger partial charge in [-0.1, -0.05) is 0 Å². The maximum atomic E-state index is 12.8. The molecule has 20 heavy (non-hydrogen) atoms. The maximum Gasteiger partial charge on any atom is 0.141 e. The van der Waals surface area contributed by atoms with Crippen LogP contribution in [0.15, 0.2) is 34.9 Å². The van der Waals surface area contributed by atoms with Gasteiger partial charge >= 0.3 is 0 Å². The van der Waals surface area contributed by atoms with Gasteiger partial charge in [-0.2, -0.15) is 0 Å².